The SMILES string of the molecule is CC(C)(C)ONS(=O)(=O)c1ccc2c(c1)CCC2. The first-order valence-electron chi connectivity index (χ1n) is 6.09. The third-order valence-electron chi connectivity index (χ3n) is 2.84. The van der Waals surface area contributed by atoms with Crippen LogP contribution in [-0.2, 0) is 27.7 Å². The van der Waals surface area contributed by atoms with Crippen molar-refractivity contribution in [3.63, 3.8) is 0 Å². The molecule has 1 aromatic rings. The molecule has 100 valence electrons. The van der Waals surface area contributed by atoms with Crippen molar-refractivity contribution in [1.82, 2.24) is 4.89 Å². The third-order valence-corrected chi connectivity index (χ3v) is 4.02. The Bertz CT molecular complexity index is 544. The molecular formula is C13H19NO3S. The van der Waals surface area contributed by atoms with Crippen molar-refractivity contribution in [2.24, 2.45) is 0 Å². The maximum atomic E-state index is 12.0. The summed E-state index contributed by atoms with van der Waals surface area (Å²) in [5.41, 5.74) is 1.84. The van der Waals surface area contributed by atoms with E-state index < -0.39 is 15.6 Å². The van der Waals surface area contributed by atoms with Gasteiger partial charge in [0, 0.05) is 0 Å². The molecule has 1 aliphatic carbocycles. The number of nitrogens with one attached hydrogen (secondary N) is 1. The van der Waals surface area contributed by atoms with Gasteiger partial charge in [0.2, 0.25) is 0 Å². The highest BCUT2D eigenvalue weighted by Crippen LogP contribution is 2.24. The molecule has 2 rings (SSSR count). The predicted octanol–water partition coefficient (Wildman–Crippen LogP) is 2.18. The lowest BCUT2D eigenvalue weighted by molar-refractivity contribution is -0.0357. The van der Waals surface area contributed by atoms with Crippen LogP contribution in [0.25, 0.3) is 0 Å². The minimum absolute atomic E-state index is 0.271. The van der Waals surface area contributed by atoms with E-state index in [1.165, 1.54) is 5.56 Å². The lowest BCUT2D eigenvalue weighted by Gasteiger charge is -2.19. The zero-order valence-electron chi connectivity index (χ0n) is 11.0. The average molecular weight is 269 g/mol. The maximum Gasteiger partial charge on any atom is 0.262 e. The number of hydrogen-bond donors (Lipinski definition) is 1. The van der Waals surface area contributed by atoms with E-state index >= 15 is 0 Å². The summed E-state index contributed by atoms with van der Waals surface area (Å²) in [6, 6.07) is 5.28. The second kappa shape index (κ2) is 4.64. The Morgan fingerprint density at radius 2 is 1.83 bits per heavy atom. The van der Waals surface area contributed by atoms with E-state index in [-0.39, 0.29) is 4.90 Å². The standard InChI is InChI=1S/C13H19NO3S/c1-13(2,3)17-14-18(15,16)12-8-7-10-5-4-6-11(10)9-12/h7-9,14H,4-6H2,1-3H3. The van der Waals surface area contributed by atoms with Gasteiger partial charge in [0.25, 0.3) is 10.0 Å². The molecule has 0 radical (unpaired) electrons. The summed E-state index contributed by atoms with van der Waals surface area (Å²) in [7, 11) is -3.59. The fourth-order valence-corrected chi connectivity index (χ4v) is 2.94. The molecular weight excluding hydrogens is 250 g/mol. The molecule has 18 heavy (non-hydrogen) atoms. The number of hydrogen-bond acceptors (Lipinski definition) is 3. The van der Waals surface area contributed by atoms with Crippen LogP contribution in [0.3, 0.4) is 0 Å². The first kappa shape index (κ1) is 13.5. The van der Waals surface area contributed by atoms with Crippen molar-refractivity contribution in [3.8, 4) is 0 Å². The van der Waals surface area contributed by atoms with Crippen LogP contribution in [0.2, 0.25) is 0 Å². The first-order valence-corrected chi connectivity index (χ1v) is 7.58. The van der Waals surface area contributed by atoms with E-state index in [4.69, 9.17) is 4.84 Å². The van der Waals surface area contributed by atoms with Crippen molar-refractivity contribution >= 4 is 10.0 Å². The summed E-state index contributed by atoms with van der Waals surface area (Å²) in [5, 5.41) is 0. The van der Waals surface area contributed by atoms with Crippen LogP contribution >= 0.6 is 0 Å². The van der Waals surface area contributed by atoms with Gasteiger partial charge in [-0.05, 0) is 63.3 Å². The van der Waals surface area contributed by atoms with E-state index in [9.17, 15) is 8.42 Å². The Labute approximate surface area is 108 Å². The van der Waals surface area contributed by atoms with Gasteiger partial charge in [-0.1, -0.05) is 11.0 Å². The molecule has 0 bridgehead atoms. The number of benzene rings is 1. The Balaban J connectivity index is 2.20. The molecule has 4 nitrogen and oxygen atoms in total. The molecule has 0 heterocycles. The number of aryl methyl sites for hydroxylation is 2. The summed E-state index contributed by atoms with van der Waals surface area (Å²) in [6.45, 7) is 5.37. The van der Waals surface area contributed by atoms with Crippen LogP contribution in [0.5, 0.6) is 0 Å². The van der Waals surface area contributed by atoms with Gasteiger partial charge in [-0.15, -0.1) is 0 Å². The lowest BCUT2D eigenvalue weighted by Crippen LogP contribution is -2.33. The summed E-state index contributed by atoms with van der Waals surface area (Å²) < 4.78 is 24.1. The van der Waals surface area contributed by atoms with Crippen molar-refractivity contribution < 1.29 is 13.3 Å². The van der Waals surface area contributed by atoms with Gasteiger partial charge in [0.05, 0.1) is 10.5 Å². The second-order valence-electron chi connectivity index (χ2n) is 5.59. The molecule has 0 saturated carbocycles. The van der Waals surface area contributed by atoms with Crippen LogP contribution in [0, 0.1) is 0 Å². The summed E-state index contributed by atoms with van der Waals surface area (Å²) >= 11 is 0. The van der Waals surface area contributed by atoms with Crippen molar-refractivity contribution in [3.05, 3.63) is 29.3 Å². The van der Waals surface area contributed by atoms with E-state index in [1.54, 1.807) is 32.9 Å². The second-order valence-corrected chi connectivity index (χ2v) is 7.23. The quantitative estimate of drug-likeness (QED) is 0.856. The third kappa shape index (κ3) is 3.10. The zero-order chi connectivity index (χ0) is 13.4. The fraction of sp³-hybridized carbons (Fsp3) is 0.538. The Hall–Kier alpha value is -0.910. The fourth-order valence-electron chi connectivity index (χ4n) is 1.94. The van der Waals surface area contributed by atoms with Gasteiger partial charge in [-0.2, -0.15) is 0 Å². The molecule has 0 atom stereocenters. The van der Waals surface area contributed by atoms with Crippen molar-refractivity contribution in [2.45, 2.75) is 50.5 Å². The first-order chi connectivity index (χ1) is 8.28. The van der Waals surface area contributed by atoms with Crippen LogP contribution in [0.1, 0.15) is 38.3 Å². The molecule has 5 heteroatoms. The molecule has 0 amide bonds. The molecule has 1 aliphatic rings. The summed E-state index contributed by atoms with van der Waals surface area (Å²) in [5.74, 6) is 0. The molecule has 1 N–H and O–H groups in total. The van der Waals surface area contributed by atoms with Gasteiger partial charge in [-0.3, -0.25) is 4.84 Å². The zero-order valence-corrected chi connectivity index (χ0v) is 11.8. The Morgan fingerprint density at radius 3 is 2.50 bits per heavy atom. The molecule has 0 aliphatic heterocycles. The topological polar surface area (TPSA) is 55.4 Å². The van der Waals surface area contributed by atoms with Crippen molar-refractivity contribution in [1.29, 1.82) is 0 Å². The Morgan fingerprint density at radius 1 is 1.17 bits per heavy atom. The van der Waals surface area contributed by atoms with Crippen LogP contribution in [0.4, 0.5) is 0 Å². The highest BCUT2D eigenvalue weighted by Gasteiger charge is 2.21. The average Bonchev–Trinajstić information content (AvgIpc) is 2.72. The van der Waals surface area contributed by atoms with E-state index in [0.29, 0.717) is 0 Å². The van der Waals surface area contributed by atoms with Gasteiger partial charge in [0.1, 0.15) is 0 Å². The summed E-state index contributed by atoms with van der Waals surface area (Å²) in [6.07, 6.45) is 3.10. The minimum atomic E-state index is -3.59. The van der Waals surface area contributed by atoms with E-state index in [1.807, 2.05) is 6.07 Å². The smallest absolute Gasteiger partial charge is 0.262 e. The molecule has 0 fully saturated rings. The predicted molar refractivity (Wildman–Crippen MR) is 69.6 cm³/mol. The van der Waals surface area contributed by atoms with E-state index in [2.05, 4.69) is 4.89 Å². The van der Waals surface area contributed by atoms with E-state index in [0.717, 1.165) is 24.8 Å². The molecule has 0 unspecified atom stereocenters. The summed E-state index contributed by atoms with van der Waals surface area (Å²) in [4.78, 5) is 7.58. The van der Waals surface area contributed by atoms with Crippen molar-refractivity contribution in [2.75, 3.05) is 0 Å². The number of rotatable bonds is 3. The molecule has 0 saturated heterocycles. The van der Waals surface area contributed by atoms with Gasteiger partial charge in [-0.25, -0.2) is 8.42 Å². The highest BCUT2D eigenvalue weighted by atomic mass is 32.2. The van der Waals surface area contributed by atoms with Crippen LogP contribution in [-0.4, -0.2) is 14.0 Å². The van der Waals surface area contributed by atoms with Gasteiger partial charge < -0.3 is 0 Å². The minimum Gasteiger partial charge on any atom is -0.281 e. The monoisotopic (exact) mass is 269 g/mol. The normalized spacial score (nSPS) is 15.7. The highest BCUT2D eigenvalue weighted by molar-refractivity contribution is 7.89. The largest absolute Gasteiger partial charge is 0.281 e. The number of sulfonamides is 1. The maximum absolute atomic E-state index is 12.0. The lowest BCUT2D eigenvalue weighted by atomic mass is 10.1. The van der Waals surface area contributed by atoms with Crippen LogP contribution in [0.15, 0.2) is 23.1 Å². The molecule has 1 aromatic carbocycles. The Kier molecular flexibility index (Phi) is 3.49. The van der Waals surface area contributed by atoms with Crippen LogP contribution < -0.4 is 4.89 Å². The van der Waals surface area contributed by atoms with Gasteiger partial charge in [0.15, 0.2) is 0 Å². The molecule has 0 aromatic heterocycles. The van der Waals surface area contributed by atoms with Gasteiger partial charge >= 0.3 is 0 Å². The molecule has 0 spiro atoms. The number of fused-ring (bicyclic) bond motifs is 1.